The van der Waals surface area contributed by atoms with Gasteiger partial charge in [0.25, 0.3) is 0 Å². The molecule has 3 N–H and O–H groups in total. The SMILES string of the molecule is CNC(=O)CCc1cc2cc3nc(cc4ccc(cc5nc(cc1[nH]2)C=C5)[nH]4)C=C3. The molecule has 0 unspecified atom stereocenters. The van der Waals surface area contributed by atoms with Crippen LogP contribution in [0.3, 0.4) is 0 Å². The summed E-state index contributed by atoms with van der Waals surface area (Å²) in [6, 6.07) is 14.2. The monoisotopic (exact) mass is 395 g/mol. The van der Waals surface area contributed by atoms with Crippen molar-refractivity contribution in [2.45, 2.75) is 12.8 Å². The maximum Gasteiger partial charge on any atom is 0.220 e. The van der Waals surface area contributed by atoms with Gasteiger partial charge in [0.1, 0.15) is 0 Å². The van der Waals surface area contributed by atoms with Gasteiger partial charge in [-0.3, -0.25) is 4.79 Å². The Morgan fingerprint density at radius 1 is 0.800 bits per heavy atom. The van der Waals surface area contributed by atoms with Crippen LogP contribution in [0.2, 0.25) is 0 Å². The fourth-order valence-corrected chi connectivity index (χ4v) is 3.66. The number of aromatic nitrogens is 4. The number of rotatable bonds is 3. The van der Waals surface area contributed by atoms with Gasteiger partial charge in [-0.25, -0.2) is 9.97 Å². The van der Waals surface area contributed by atoms with Gasteiger partial charge in [0.15, 0.2) is 0 Å². The molecule has 0 aliphatic carbocycles. The number of aromatic amines is 2. The summed E-state index contributed by atoms with van der Waals surface area (Å²) in [6.45, 7) is 0. The maximum atomic E-state index is 11.7. The fourth-order valence-electron chi connectivity index (χ4n) is 3.66. The van der Waals surface area contributed by atoms with Gasteiger partial charge in [-0.05, 0) is 78.8 Å². The molecule has 6 heteroatoms. The Hall–Kier alpha value is -3.93. The molecule has 6 nitrogen and oxygen atoms in total. The Morgan fingerprint density at radius 3 is 1.97 bits per heavy atom. The molecule has 148 valence electrons. The summed E-state index contributed by atoms with van der Waals surface area (Å²) in [6.07, 6.45) is 9.08. The zero-order chi connectivity index (χ0) is 20.5. The standard InChI is InChI=1S/C24H21N5O/c1-25-24(30)9-2-15-10-22-13-20-6-5-18(27-20)11-16-3-4-17(26-16)12-19-7-8-21(28-19)14-23(15)29-22/h3-8,10-14,26,29H,2,9H2,1H3,(H,25,30). The van der Waals surface area contributed by atoms with Crippen LogP contribution in [-0.4, -0.2) is 32.9 Å². The first-order valence-corrected chi connectivity index (χ1v) is 9.92. The van der Waals surface area contributed by atoms with Crippen molar-refractivity contribution in [1.29, 1.82) is 0 Å². The Balaban J connectivity index is 1.73. The molecule has 0 saturated heterocycles. The molecule has 2 aliphatic heterocycles. The van der Waals surface area contributed by atoms with Crippen molar-refractivity contribution in [3.8, 4) is 0 Å². The lowest BCUT2D eigenvalue weighted by Gasteiger charge is -1.98. The molecule has 5 rings (SSSR count). The van der Waals surface area contributed by atoms with Crippen molar-refractivity contribution >= 4 is 52.3 Å². The maximum absolute atomic E-state index is 11.7. The third kappa shape index (κ3) is 3.80. The van der Waals surface area contributed by atoms with E-state index in [0.717, 1.165) is 50.4 Å². The summed E-state index contributed by atoms with van der Waals surface area (Å²) >= 11 is 0. The highest BCUT2D eigenvalue weighted by atomic mass is 16.1. The minimum absolute atomic E-state index is 0.0254. The van der Waals surface area contributed by atoms with E-state index < -0.39 is 0 Å². The minimum Gasteiger partial charge on any atom is -0.359 e. The Morgan fingerprint density at radius 2 is 1.37 bits per heavy atom. The smallest absolute Gasteiger partial charge is 0.220 e. The average molecular weight is 395 g/mol. The van der Waals surface area contributed by atoms with Crippen LogP contribution in [0.25, 0.3) is 46.4 Å². The molecule has 5 heterocycles. The average Bonchev–Trinajstić information content (AvgIpc) is 3.51. The molecule has 0 radical (unpaired) electrons. The molecule has 8 bridgehead atoms. The molecule has 3 aromatic heterocycles. The van der Waals surface area contributed by atoms with Crippen molar-refractivity contribution in [3.63, 3.8) is 0 Å². The van der Waals surface area contributed by atoms with Gasteiger partial charge < -0.3 is 15.3 Å². The molecule has 0 spiro atoms. The first-order valence-electron chi connectivity index (χ1n) is 9.92. The highest BCUT2D eigenvalue weighted by Gasteiger charge is 2.07. The Kier molecular flexibility index (Phi) is 4.52. The summed E-state index contributed by atoms with van der Waals surface area (Å²) < 4.78 is 0. The first kappa shape index (κ1) is 18.1. The van der Waals surface area contributed by atoms with Crippen LogP contribution in [0, 0.1) is 0 Å². The van der Waals surface area contributed by atoms with Crippen LogP contribution in [-0.2, 0) is 11.2 Å². The first-order chi connectivity index (χ1) is 14.6. The number of fused-ring (bicyclic) bond motifs is 8. The zero-order valence-electron chi connectivity index (χ0n) is 16.6. The number of carbonyl (C=O) groups excluding carboxylic acids is 1. The van der Waals surface area contributed by atoms with Gasteiger partial charge in [0.2, 0.25) is 5.91 Å². The van der Waals surface area contributed by atoms with Gasteiger partial charge in [0, 0.05) is 35.5 Å². The molecular weight excluding hydrogens is 374 g/mol. The van der Waals surface area contributed by atoms with Crippen molar-refractivity contribution in [1.82, 2.24) is 25.3 Å². The topological polar surface area (TPSA) is 86.5 Å². The largest absolute Gasteiger partial charge is 0.359 e. The molecule has 30 heavy (non-hydrogen) atoms. The van der Waals surface area contributed by atoms with Crippen LogP contribution in [0.4, 0.5) is 0 Å². The number of hydrogen-bond acceptors (Lipinski definition) is 3. The molecule has 0 atom stereocenters. The van der Waals surface area contributed by atoms with E-state index in [1.54, 1.807) is 7.05 Å². The summed E-state index contributed by atoms with van der Waals surface area (Å²) in [7, 11) is 1.66. The Bertz CT molecular complexity index is 1360. The third-order valence-corrected chi connectivity index (χ3v) is 5.15. The molecule has 0 saturated carbocycles. The lowest BCUT2D eigenvalue weighted by molar-refractivity contribution is -0.120. The molecule has 3 aromatic rings. The molecule has 0 aromatic carbocycles. The number of H-pyrrole nitrogens is 2. The van der Waals surface area contributed by atoms with E-state index in [1.807, 2.05) is 60.7 Å². The van der Waals surface area contributed by atoms with Gasteiger partial charge >= 0.3 is 0 Å². The summed E-state index contributed by atoms with van der Waals surface area (Å²) in [5, 5.41) is 2.68. The van der Waals surface area contributed by atoms with E-state index in [9.17, 15) is 4.79 Å². The van der Waals surface area contributed by atoms with Crippen LogP contribution >= 0.6 is 0 Å². The summed E-state index contributed by atoms with van der Waals surface area (Å²) in [5.74, 6) is 0.0254. The van der Waals surface area contributed by atoms with Gasteiger partial charge in [-0.1, -0.05) is 0 Å². The van der Waals surface area contributed by atoms with Crippen molar-refractivity contribution in [3.05, 3.63) is 70.8 Å². The van der Waals surface area contributed by atoms with Crippen LogP contribution < -0.4 is 5.32 Å². The van der Waals surface area contributed by atoms with Crippen molar-refractivity contribution < 1.29 is 4.79 Å². The van der Waals surface area contributed by atoms with Gasteiger partial charge in [-0.15, -0.1) is 0 Å². The normalized spacial score (nSPS) is 12.3. The number of hydrogen-bond donors (Lipinski definition) is 3. The second-order valence-corrected chi connectivity index (χ2v) is 7.37. The zero-order valence-corrected chi connectivity index (χ0v) is 16.6. The number of carbonyl (C=O) groups is 1. The van der Waals surface area contributed by atoms with E-state index in [4.69, 9.17) is 4.98 Å². The lowest BCUT2D eigenvalue weighted by Crippen LogP contribution is -2.17. The second kappa shape index (κ2) is 7.48. The highest BCUT2D eigenvalue weighted by molar-refractivity contribution is 5.79. The predicted octanol–water partition coefficient (Wildman–Crippen LogP) is 4.33. The number of nitrogens with one attached hydrogen (secondary N) is 3. The van der Waals surface area contributed by atoms with E-state index >= 15 is 0 Å². The fraction of sp³-hybridized carbons (Fsp3) is 0.125. The summed E-state index contributed by atoms with van der Waals surface area (Å²) in [5.41, 5.74) is 8.51. The van der Waals surface area contributed by atoms with Crippen LogP contribution in [0.1, 0.15) is 34.8 Å². The molecular formula is C24H21N5O. The van der Waals surface area contributed by atoms with Crippen molar-refractivity contribution in [2.24, 2.45) is 0 Å². The van der Waals surface area contributed by atoms with E-state index in [2.05, 4.69) is 26.3 Å². The summed E-state index contributed by atoms with van der Waals surface area (Å²) in [4.78, 5) is 28.0. The number of amides is 1. The van der Waals surface area contributed by atoms with Gasteiger partial charge in [-0.2, -0.15) is 0 Å². The molecule has 2 aliphatic rings. The van der Waals surface area contributed by atoms with E-state index in [0.29, 0.717) is 12.8 Å². The van der Waals surface area contributed by atoms with E-state index in [1.165, 1.54) is 0 Å². The van der Waals surface area contributed by atoms with Crippen LogP contribution in [0.5, 0.6) is 0 Å². The van der Waals surface area contributed by atoms with Gasteiger partial charge in [0.05, 0.1) is 22.8 Å². The highest BCUT2D eigenvalue weighted by Crippen LogP contribution is 2.20. The Labute approximate surface area is 173 Å². The lowest BCUT2D eigenvalue weighted by atomic mass is 10.1. The quantitative estimate of drug-likeness (QED) is 0.425. The van der Waals surface area contributed by atoms with Crippen LogP contribution in [0.15, 0.2) is 42.5 Å². The van der Waals surface area contributed by atoms with E-state index in [-0.39, 0.29) is 5.91 Å². The number of nitrogens with zero attached hydrogens (tertiary/aromatic N) is 2. The second-order valence-electron chi connectivity index (χ2n) is 7.37. The van der Waals surface area contributed by atoms with Crippen molar-refractivity contribution in [2.75, 3.05) is 7.05 Å². The third-order valence-electron chi connectivity index (χ3n) is 5.15. The predicted molar refractivity (Wildman–Crippen MR) is 121 cm³/mol. The molecule has 0 fully saturated rings. The number of aryl methyl sites for hydroxylation is 1. The minimum atomic E-state index is 0.0254. The molecule has 1 amide bonds.